The van der Waals surface area contributed by atoms with E-state index in [-0.39, 0.29) is 55.1 Å². The molecule has 3 aliphatic heterocycles. The first-order chi connectivity index (χ1) is 23.9. The summed E-state index contributed by atoms with van der Waals surface area (Å²) in [6.45, 7) is 13.5. The van der Waals surface area contributed by atoms with Gasteiger partial charge in [0.25, 0.3) is 5.91 Å². The predicted octanol–water partition coefficient (Wildman–Crippen LogP) is 5.05. The molecule has 10 nitrogen and oxygen atoms in total. The quantitative estimate of drug-likeness (QED) is 0.154. The normalized spacial score (nSPS) is 26.2. The number of ether oxygens (including phenoxy) is 2. The van der Waals surface area contributed by atoms with Crippen LogP contribution in [0.25, 0.3) is 0 Å². The lowest BCUT2D eigenvalue weighted by Gasteiger charge is -2.37. The van der Waals surface area contributed by atoms with Gasteiger partial charge in [-0.1, -0.05) is 70.5 Å². The smallest absolute Gasteiger partial charge is 0.313 e. The highest BCUT2D eigenvalue weighted by Crippen LogP contribution is 2.60. The van der Waals surface area contributed by atoms with E-state index >= 15 is 0 Å². The minimum absolute atomic E-state index is 0.114. The monoisotopic (exact) mass is 749 g/mol. The van der Waals surface area contributed by atoms with Crippen molar-refractivity contribution < 1.29 is 33.8 Å². The second kappa shape index (κ2) is 15.6. The number of esters is 1. The second-order valence-electron chi connectivity index (χ2n) is 13.6. The summed E-state index contributed by atoms with van der Waals surface area (Å²) in [5.74, 6) is -3.44. The van der Waals surface area contributed by atoms with E-state index in [1.54, 1.807) is 29.0 Å². The molecule has 0 radical (unpaired) electrons. The molecule has 1 N–H and O–H groups in total. The number of benzene rings is 2. The Kier molecular flexibility index (Phi) is 11.7. The van der Waals surface area contributed by atoms with E-state index in [9.17, 15) is 24.3 Å². The molecule has 50 heavy (non-hydrogen) atoms. The number of fused-ring (bicyclic) bond motifs is 1. The van der Waals surface area contributed by atoms with Crippen LogP contribution < -0.4 is 4.90 Å². The minimum Gasteiger partial charge on any atom is -0.455 e. The molecule has 1 unspecified atom stereocenters. The van der Waals surface area contributed by atoms with Gasteiger partial charge < -0.3 is 29.3 Å². The summed E-state index contributed by atoms with van der Waals surface area (Å²) < 4.78 is 13.1. The number of hydrogen-bond donors (Lipinski definition) is 1. The van der Waals surface area contributed by atoms with E-state index in [1.165, 1.54) is 4.90 Å². The summed E-state index contributed by atoms with van der Waals surface area (Å²) in [5, 5.41) is 9.79. The van der Waals surface area contributed by atoms with Gasteiger partial charge in [-0.05, 0) is 62.8 Å². The summed E-state index contributed by atoms with van der Waals surface area (Å²) in [7, 11) is 1.69. The number of aliphatic hydroxyl groups is 1. The van der Waals surface area contributed by atoms with Gasteiger partial charge in [-0.15, -0.1) is 13.2 Å². The molecular weight excluding hydrogens is 702 g/mol. The van der Waals surface area contributed by atoms with E-state index in [4.69, 9.17) is 9.47 Å². The zero-order chi connectivity index (χ0) is 36.3. The molecular formula is C39H48BrN3O7. The van der Waals surface area contributed by atoms with Crippen LogP contribution in [0.1, 0.15) is 55.4 Å². The number of alkyl halides is 1. The Hall–Kier alpha value is -3.80. The number of aryl methyl sites for hydroxylation is 2. The van der Waals surface area contributed by atoms with E-state index < -0.39 is 47.7 Å². The number of amides is 3. The maximum atomic E-state index is 14.9. The van der Waals surface area contributed by atoms with Crippen LogP contribution in [-0.2, 0) is 28.7 Å². The Morgan fingerprint density at radius 3 is 2.54 bits per heavy atom. The van der Waals surface area contributed by atoms with Gasteiger partial charge in [0.2, 0.25) is 11.8 Å². The van der Waals surface area contributed by atoms with Gasteiger partial charge >= 0.3 is 5.97 Å². The molecule has 3 aliphatic rings. The van der Waals surface area contributed by atoms with E-state index in [2.05, 4.69) is 29.1 Å². The van der Waals surface area contributed by atoms with Crippen LogP contribution in [0.2, 0.25) is 0 Å². The van der Waals surface area contributed by atoms with Crippen LogP contribution in [0.5, 0.6) is 0 Å². The standard InChI is InChI=1S/C39H48BrN3O7/c1-7-9-16-30(45)41(6)26(5)33(27-14-11-10-12-15-27)49-38(48)31-32-36(46)43(20-13-21-44)35(39(32)23-28(40)34(31)50-39)37(47)42(19-8-2)29-22-24(3)17-18-25(29)4/h7-8,10-12,14-15,17-18,22,26,28,31-35,44H,1-2,9,13,16,19-21,23H2,3-6H3/t26-,28?,31+,32-,33+,34+,35+,39-/m0/s1. The first-order valence-electron chi connectivity index (χ1n) is 17.3. The molecule has 8 atom stereocenters. The van der Waals surface area contributed by atoms with Crippen LogP contribution in [-0.4, -0.2) is 94.0 Å². The van der Waals surface area contributed by atoms with Crippen molar-refractivity contribution in [2.45, 2.75) is 81.2 Å². The molecule has 3 fully saturated rings. The largest absolute Gasteiger partial charge is 0.455 e. The number of allylic oxidation sites excluding steroid dienone is 1. The van der Waals surface area contributed by atoms with Crippen LogP contribution in [0.4, 0.5) is 5.69 Å². The molecule has 268 valence electrons. The van der Waals surface area contributed by atoms with Gasteiger partial charge in [0.05, 0.1) is 24.0 Å². The SMILES string of the molecule is C=CCCC(=O)N(C)[C@@H](C)[C@@H](OC(=O)[C@H]1[C@@H]2O[C@@]3(CC2Br)[C@@H]1C(=O)N(CCCO)[C@@H]3C(=O)N(CC=C)c1cc(C)ccc1C)c1ccccc1. The molecule has 1 spiro atoms. The van der Waals surface area contributed by atoms with E-state index in [0.29, 0.717) is 24.1 Å². The third kappa shape index (κ3) is 6.79. The number of hydrogen-bond acceptors (Lipinski definition) is 7. The topological polar surface area (TPSA) is 117 Å². The fourth-order valence-corrected chi connectivity index (χ4v) is 8.82. The highest BCUT2D eigenvalue weighted by molar-refractivity contribution is 9.09. The summed E-state index contributed by atoms with van der Waals surface area (Å²) in [6, 6.07) is 13.5. The van der Waals surface area contributed by atoms with Crippen molar-refractivity contribution in [1.82, 2.24) is 9.80 Å². The van der Waals surface area contributed by atoms with Crippen molar-refractivity contribution >= 4 is 45.3 Å². The van der Waals surface area contributed by atoms with Crippen molar-refractivity contribution in [2.24, 2.45) is 11.8 Å². The van der Waals surface area contributed by atoms with Gasteiger partial charge in [0.15, 0.2) is 0 Å². The Morgan fingerprint density at radius 1 is 1.16 bits per heavy atom. The maximum Gasteiger partial charge on any atom is 0.313 e. The van der Waals surface area contributed by atoms with Crippen LogP contribution in [0.15, 0.2) is 73.8 Å². The molecule has 0 saturated carbocycles. The Labute approximate surface area is 303 Å². The van der Waals surface area contributed by atoms with Crippen molar-refractivity contribution in [2.75, 3.05) is 31.6 Å². The van der Waals surface area contributed by atoms with Gasteiger partial charge in [-0.25, -0.2) is 0 Å². The second-order valence-corrected chi connectivity index (χ2v) is 14.8. The molecule has 0 aromatic heterocycles. The highest BCUT2D eigenvalue weighted by Gasteiger charge is 2.77. The fraction of sp³-hybridized carbons (Fsp3) is 0.487. The average Bonchev–Trinajstić information content (AvgIpc) is 3.70. The van der Waals surface area contributed by atoms with Crippen LogP contribution in [0.3, 0.4) is 0 Å². The molecule has 2 aromatic rings. The molecule has 2 bridgehead atoms. The first-order valence-corrected chi connectivity index (χ1v) is 18.2. The van der Waals surface area contributed by atoms with E-state index in [0.717, 1.165) is 11.1 Å². The van der Waals surface area contributed by atoms with Gasteiger partial charge in [-0.3, -0.25) is 19.2 Å². The summed E-state index contributed by atoms with van der Waals surface area (Å²) >= 11 is 3.74. The van der Waals surface area contributed by atoms with Crippen LogP contribution in [0, 0.1) is 25.7 Å². The Balaban J connectivity index is 1.52. The lowest BCUT2D eigenvalue weighted by atomic mass is 9.70. The molecule has 11 heteroatoms. The van der Waals surface area contributed by atoms with Gasteiger partial charge in [0.1, 0.15) is 17.7 Å². The number of nitrogens with zero attached hydrogens (tertiary/aromatic N) is 3. The van der Waals surface area contributed by atoms with Crippen LogP contribution >= 0.6 is 15.9 Å². The molecule has 0 aliphatic carbocycles. The number of halogens is 1. The number of likely N-dealkylation sites (N-methyl/N-ethyl adjacent to an activating group) is 1. The molecule has 3 heterocycles. The minimum atomic E-state index is -1.31. The van der Waals surface area contributed by atoms with Crippen molar-refractivity contribution in [1.29, 1.82) is 0 Å². The number of likely N-dealkylation sites (tertiary alicyclic amines) is 1. The predicted molar refractivity (Wildman–Crippen MR) is 195 cm³/mol. The van der Waals surface area contributed by atoms with Gasteiger partial charge in [0, 0.05) is 43.7 Å². The lowest BCUT2D eigenvalue weighted by molar-refractivity contribution is -0.164. The zero-order valence-corrected chi connectivity index (χ0v) is 30.9. The van der Waals surface area contributed by atoms with Crippen molar-refractivity contribution in [3.8, 4) is 0 Å². The maximum absolute atomic E-state index is 14.9. The fourth-order valence-electron chi connectivity index (χ4n) is 7.88. The number of anilines is 1. The number of rotatable bonds is 15. The summed E-state index contributed by atoms with van der Waals surface area (Å²) in [4.78, 5) is 61.3. The van der Waals surface area contributed by atoms with Crippen molar-refractivity contribution in [3.63, 3.8) is 0 Å². The summed E-state index contributed by atoms with van der Waals surface area (Å²) in [5.41, 5.74) is 1.95. The molecule has 2 aromatic carbocycles. The van der Waals surface area contributed by atoms with Gasteiger partial charge in [-0.2, -0.15) is 0 Å². The van der Waals surface area contributed by atoms with Crippen molar-refractivity contribution in [3.05, 3.63) is 90.5 Å². The first kappa shape index (κ1) is 37.5. The Morgan fingerprint density at radius 2 is 1.88 bits per heavy atom. The number of carbonyl (C=O) groups is 4. The third-order valence-electron chi connectivity index (χ3n) is 10.5. The number of aliphatic hydroxyl groups excluding tert-OH is 1. The molecule has 5 rings (SSSR count). The lowest BCUT2D eigenvalue weighted by Crippen LogP contribution is -2.57. The summed E-state index contributed by atoms with van der Waals surface area (Å²) in [6.07, 6.45) is 3.14. The Bertz CT molecular complexity index is 1620. The third-order valence-corrected chi connectivity index (χ3v) is 11.3. The molecule has 3 saturated heterocycles. The zero-order valence-electron chi connectivity index (χ0n) is 29.3. The highest BCUT2D eigenvalue weighted by atomic mass is 79.9. The molecule has 3 amide bonds. The number of carbonyl (C=O) groups excluding carboxylic acids is 4. The average molecular weight is 751 g/mol. The van der Waals surface area contributed by atoms with E-state index in [1.807, 2.05) is 69.3 Å².